The molecule has 1 N–H and O–H groups in total. The number of anilines is 1. The van der Waals surface area contributed by atoms with Crippen LogP contribution in [0.2, 0.25) is 0 Å². The Morgan fingerprint density at radius 3 is 2.57 bits per heavy atom. The number of hydrogen-bond donors (Lipinski definition) is 1. The van der Waals surface area contributed by atoms with Crippen LogP contribution in [0.3, 0.4) is 0 Å². The third kappa shape index (κ3) is 4.11. The van der Waals surface area contributed by atoms with Gasteiger partial charge in [-0.2, -0.15) is 18.4 Å². The van der Waals surface area contributed by atoms with Gasteiger partial charge in [-0.3, -0.25) is 0 Å². The lowest BCUT2D eigenvalue weighted by Gasteiger charge is -2.29. The van der Waals surface area contributed by atoms with E-state index in [2.05, 4.69) is 10.2 Å². The summed E-state index contributed by atoms with van der Waals surface area (Å²) in [4.78, 5) is 2.22. The quantitative estimate of drug-likeness (QED) is 0.930. The first-order valence-corrected chi connectivity index (χ1v) is 6.94. The third-order valence-corrected chi connectivity index (χ3v) is 3.87. The van der Waals surface area contributed by atoms with Gasteiger partial charge in [0.1, 0.15) is 0 Å². The highest BCUT2D eigenvalue weighted by atomic mass is 19.4. The van der Waals surface area contributed by atoms with Crippen LogP contribution in [0.5, 0.6) is 0 Å². The largest absolute Gasteiger partial charge is 0.418 e. The van der Waals surface area contributed by atoms with Crippen LogP contribution in [0.15, 0.2) is 18.2 Å². The number of halogens is 3. The molecule has 114 valence electrons. The Labute approximate surface area is 122 Å². The van der Waals surface area contributed by atoms with Crippen molar-refractivity contribution in [3.8, 4) is 6.07 Å². The highest BCUT2D eigenvalue weighted by Crippen LogP contribution is 2.35. The van der Waals surface area contributed by atoms with E-state index in [0.29, 0.717) is 12.5 Å². The molecule has 0 spiro atoms. The maximum atomic E-state index is 13.0. The predicted molar refractivity (Wildman–Crippen MR) is 74.9 cm³/mol. The average Bonchev–Trinajstić information content (AvgIpc) is 2.45. The zero-order valence-electron chi connectivity index (χ0n) is 11.9. The van der Waals surface area contributed by atoms with E-state index in [1.165, 1.54) is 12.1 Å². The number of alkyl halides is 3. The van der Waals surface area contributed by atoms with Crippen LogP contribution < -0.4 is 5.32 Å². The van der Waals surface area contributed by atoms with E-state index in [0.717, 1.165) is 32.0 Å². The molecule has 0 bridgehead atoms. The van der Waals surface area contributed by atoms with Gasteiger partial charge in [-0.05, 0) is 57.1 Å². The Morgan fingerprint density at radius 2 is 2.00 bits per heavy atom. The zero-order chi connectivity index (χ0) is 15.5. The molecule has 0 unspecified atom stereocenters. The van der Waals surface area contributed by atoms with Gasteiger partial charge in [-0.25, -0.2) is 0 Å². The van der Waals surface area contributed by atoms with Gasteiger partial charge in [0.2, 0.25) is 0 Å². The topological polar surface area (TPSA) is 39.1 Å². The van der Waals surface area contributed by atoms with Gasteiger partial charge in [0, 0.05) is 12.2 Å². The molecule has 0 saturated carbocycles. The summed E-state index contributed by atoms with van der Waals surface area (Å²) in [6, 6.07) is 5.40. The fourth-order valence-electron chi connectivity index (χ4n) is 2.52. The summed E-state index contributed by atoms with van der Waals surface area (Å²) in [6.45, 7) is 2.49. The number of rotatable bonds is 3. The molecule has 3 nitrogen and oxygen atoms in total. The second kappa shape index (κ2) is 6.35. The lowest BCUT2D eigenvalue weighted by molar-refractivity contribution is -0.137. The van der Waals surface area contributed by atoms with E-state index in [-0.39, 0.29) is 11.3 Å². The molecule has 1 aromatic rings. The van der Waals surface area contributed by atoms with Crippen molar-refractivity contribution >= 4 is 5.69 Å². The van der Waals surface area contributed by atoms with Crippen LogP contribution >= 0.6 is 0 Å². The van der Waals surface area contributed by atoms with Crippen LogP contribution in [0, 0.1) is 17.2 Å². The first-order chi connectivity index (χ1) is 9.90. The van der Waals surface area contributed by atoms with Crippen molar-refractivity contribution in [2.24, 2.45) is 5.92 Å². The van der Waals surface area contributed by atoms with E-state index in [1.54, 1.807) is 6.07 Å². The van der Waals surface area contributed by atoms with Gasteiger partial charge in [0.15, 0.2) is 0 Å². The summed E-state index contributed by atoms with van der Waals surface area (Å²) in [6.07, 6.45) is -2.48. The molecule has 0 amide bonds. The maximum absolute atomic E-state index is 13.0. The van der Waals surface area contributed by atoms with Crippen molar-refractivity contribution in [3.05, 3.63) is 29.3 Å². The summed E-state index contributed by atoms with van der Waals surface area (Å²) in [5.74, 6) is 0.387. The predicted octanol–water partition coefficient (Wildman–Crippen LogP) is 3.33. The minimum absolute atomic E-state index is 0.0205. The second-order valence-electron chi connectivity index (χ2n) is 5.50. The SMILES string of the molecule is CN1CCC(CNc2ccc(C#N)cc2C(F)(F)F)CC1. The second-order valence-corrected chi connectivity index (χ2v) is 5.50. The van der Waals surface area contributed by atoms with Crippen LogP contribution in [-0.4, -0.2) is 31.6 Å². The van der Waals surface area contributed by atoms with E-state index in [4.69, 9.17) is 5.26 Å². The minimum Gasteiger partial charge on any atom is -0.384 e. The fraction of sp³-hybridized carbons (Fsp3) is 0.533. The Kier molecular flexibility index (Phi) is 4.73. The Balaban J connectivity index is 2.07. The molecular weight excluding hydrogens is 279 g/mol. The minimum atomic E-state index is -4.46. The summed E-state index contributed by atoms with van der Waals surface area (Å²) in [5.41, 5.74) is -0.693. The Morgan fingerprint density at radius 1 is 1.33 bits per heavy atom. The van der Waals surface area contributed by atoms with E-state index < -0.39 is 11.7 Å². The van der Waals surface area contributed by atoms with E-state index in [1.807, 2.05) is 7.05 Å². The van der Waals surface area contributed by atoms with Crippen LogP contribution in [0.4, 0.5) is 18.9 Å². The molecule has 0 aromatic heterocycles. The number of piperidine rings is 1. The van der Waals surface area contributed by atoms with Crippen molar-refractivity contribution in [1.82, 2.24) is 4.90 Å². The molecule has 2 rings (SSSR count). The summed E-state index contributed by atoms with van der Waals surface area (Å²) in [5, 5.41) is 11.6. The molecule has 21 heavy (non-hydrogen) atoms. The molecule has 1 saturated heterocycles. The zero-order valence-corrected chi connectivity index (χ0v) is 11.9. The third-order valence-electron chi connectivity index (χ3n) is 3.87. The van der Waals surface area contributed by atoms with Gasteiger partial charge < -0.3 is 10.2 Å². The number of nitrogens with one attached hydrogen (secondary N) is 1. The fourth-order valence-corrected chi connectivity index (χ4v) is 2.52. The monoisotopic (exact) mass is 297 g/mol. The number of benzene rings is 1. The molecule has 1 aliphatic heterocycles. The van der Waals surface area contributed by atoms with Crippen molar-refractivity contribution in [2.75, 3.05) is 32.0 Å². The number of nitriles is 1. The molecule has 0 atom stereocenters. The van der Waals surface area contributed by atoms with E-state index >= 15 is 0 Å². The van der Waals surface area contributed by atoms with Gasteiger partial charge >= 0.3 is 6.18 Å². The lowest BCUT2D eigenvalue weighted by atomic mass is 9.97. The van der Waals surface area contributed by atoms with Crippen LogP contribution in [0.25, 0.3) is 0 Å². The first-order valence-electron chi connectivity index (χ1n) is 6.94. The number of likely N-dealkylation sites (tertiary alicyclic amines) is 1. The molecule has 1 aromatic carbocycles. The van der Waals surface area contributed by atoms with Gasteiger partial charge in [-0.1, -0.05) is 0 Å². The van der Waals surface area contributed by atoms with Gasteiger partial charge in [0.05, 0.1) is 17.2 Å². The van der Waals surface area contributed by atoms with Crippen molar-refractivity contribution in [1.29, 1.82) is 5.26 Å². The maximum Gasteiger partial charge on any atom is 0.418 e. The molecule has 0 aliphatic carbocycles. The standard InChI is InChI=1S/C15H18F3N3/c1-21-6-4-11(5-7-21)10-20-14-3-2-12(9-19)8-13(14)15(16,17)18/h2-3,8,11,20H,4-7,10H2,1H3. The molecular formula is C15H18F3N3. The summed E-state index contributed by atoms with van der Waals surface area (Å²) >= 11 is 0. The molecule has 1 fully saturated rings. The molecule has 6 heteroatoms. The average molecular weight is 297 g/mol. The van der Waals surface area contributed by atoms with Crippen molar-refractivity contribution in [2.45, 2.75) is 19.0 Å². The van der Waals surface area contributed by atoms with Gasteiger partial charge in [-0.15, -0.1) is 0 Å². The summed E-state index contributed by atoms with van der Waals surface area (Å²) in [7, 11) is 2.05. The van der Waals surface area contributed by atoms with Crippen molar-refractivity contribution < 1.29 is 13.2 Å². The highest BCUT2D eigenvalue weighted by molar-refractivity contribution is 5.56. The van der Waals surface area contributed by atoms with Crippen LogP contribution in [0.1, 0.15) is 24.0 Å². The molecule has 1 heterocycles. The van der Waals surface area contributed by atoms with E-state index in [9.17, 15) is 13.2 Å². The molecule has 1 aliphatic rings. The summed E-state index contributed by atoms with van der Waals surface area (Å²) < 4.78 is 39.1. The molecule has 0 radical (unpaired) electrons. The Hall–Kier alpha value is -1.74. The number of nitrogens with zero attached hydrogens (tertiary/aromatic N) is 2. The van der Waals surface area contributed by atoms with Gasteiger partial charge in [0.25, 0.3) is 0 Å². The van der Waals surface area contributed by atoms with Crippen LogP contribution in [-0.2, 0) is 6.18 Å². The normalized spacial score (nSPS) is 17.5. The smallest absolute Gasteiger partial charge is 0.384 e. The van der Waals surface area contributed by atoms with Crippen molar-refractivity contribution in [3.63, 3.8) is 0 Å². The highest BCUT2D eigenvalue weighted by Gasteiger charge is 2.34. The number of hydrogen-bond acceptors (Lipinski definition) is 3. The Bertz CT molecular complexity index is 526. The first kappa shape index (κ1) is 15.6. The lowest BCUT2D eigenvalue weighted by Crippen LogP contribution is -2.33.